The van der Waals surface area contributed by atoms with E-state index >= 15 is 0 Å². The summed E-state index contributed by atoms with van der Waals surface area (Å²) in [5.74, 6) is -0.959. The van der Waals surface area contributed by atoms with Crippen LogP contribution in [0.4, 0.5) is 0 Å². The fraction of sp³-hybridized carbons (Fsp3) is 0.917. The highest BCUT2D eigenvalue weighted by Crippen LogP contribution is 2.42. The molecule has 0 aliphatic heterocycles. The SMILES string of the molecule is CCCC(CCCCCCCCCCCCC(=O)O)C(CC)(CCC)C(=O)O. The molecule has 2 N–H and O–H groups in total. The third kappa shape index (κ3) is 11.1. The topological polar surface area (TPSA) is 74.6 Å². The van der Waals surface area contributed by atoms with Gasteiger partial charge in [0, 0.05) is 6.42 Å². The summed E-state index contributed by atoms with van der Waals surface area (Å²) in [7, 11) is 0. The zero-order chi connectivity index (χ0) is 21.3. The van der Waals surface area contributed by atoms with Crippen LogP contribution in [0, 0.1) is 11.3 Å². The fourth-order valence-electron chi connectivity index (χ4n) is 4.68. The van der Waals surface area contributed by atoms with Crippen molar-refractivity contribution in [1.29, 1.82) is 0 Å². The van der Waals surface area contributed by atoms with Gasteiger partial charge in [0.05, 0.1) is 5.41 Å². The van der Waals surface area contributed by atoms with Crippen LogP contribution >= 0.6 is 0 Å². The van der Waals surface area contributed by atoms with E-state index in [0.717, 1.165) is 64.2 Å². The van der Waals surface area contributed by atoms with Gasteiger partial charge in [0.15, 0.2) is 0 Å². The molecule has 4 heteroatoms. The zero-order valence-electron chi connectivity index (χ0n) is 18.8. The van der Waals surface area contributed by atoms with Crippen LogP contribution in [-0.4, -0.2) is 22.2 Å². The molecule has 0 amide bonds. The van der Waals surface area contributed by atoms with Gasteiger partial charge in [0.25, 0.3) is 0 Å². The molecule has 0 aromatic rings. The Kier molecular flexibility index (Phi) is 16.2. The van der Waals surface area contributed by atoms with Crippen LogP contribution < -0.4 is 0 Å². The molecule has 2 unspecified atom stereocenters. The first-order valence-electron chi connectivity index (χ1n) is 11.9. The van der Waals surface area contributed by atoms with Crippen molar-refractivity contribution in [3.8, 4) is 0 Å². The average Bonchev–Trinajstić information content (AvgIpc) is 2.65. The lowest BCUT2D eigenvalue weighted by atomic mass is 9.66. The van der Waals surface area contributed by atoms with Crippen molar-refractivity contribution >= 4 is 11.9 Å². The molecule has 0 radical (unpaired) electrons. The molecule has 0 saturated heterocycles. The van der Waals surface area contributed by atoms with Crippen LogP contribution in [0.2, 0.25) is 0 Å². The first-order chi connectivity index (χ1) is 13.4. The second-order valence-electron chi connectivity index (χ2n) is 8.52. The first-order valence-corrected chi connectivity index (χ1v) is 11.9. The molecule has 28 heavy (non-hydrogen) atoms. The van der Waals surface area contributed by atoms with Gasteiger partial charge >= 0.3 is 11.9 Å². The number of carboxylic acid groups (broad SMARTS) is 2. The zero-order valence-corrected chi connectivity index (χ0v) is 18.8. The quantitative estimate of drug-likeness (QED) is 0.209. The average molecular weight is 399 g/mol. The molecule has 0 aromatic carbocycles. The maximum atomic E-state index is 12.1. The highest BCUT2D eigenvalue weighted by atomic mass is 16.4. The van der Waals surface area contributed by atoms with Crippen molar-refractivity contribution in [2.45, 2.75) is 130 Å². The molecule has 0 heterocycles. The number of rotatable bonds is 20. The lowest BCUT2D eigenvalue weighted by molar-refractivity contribution is -0.154. The van der Waals surface area contributed by atoms with Crippen LogP contribution in [0.3, 0.4) is 0 Å². The van der Waals surface area contributed by atoms with Crippen molar-refractivity contribution in [3.63, 3.8) is 0 Å². The second kappa shape index (κ2) is 16.9. The van der Waals surface area contributed by atoms with Crippen LogP contribution in [0.15, 0.2) is 0 Å². The molecule has 0 fully saturated rings. The lowest BCUT2D eigenvalue weighted by Gasteiger charge is -2.37. The summed E-state index contributed by atoms with van der Waals surface area (Å²) in [6.07, 6.45) is 17.5. The molecule has 0 spiro atoms. The lowest BCUT2D eigenvalue weighted by Crippen LogP contribution is -2.38. The minimum Gasteiger partial charge on any atom is -0.481 e. The van der Waals surface area contributed by atoms with Crippen molar-refractivity contribution < 1.29 is 19.8 Å². The van der Waals surface area contributed by atoms with Crippen LogP contribution in [0.5, 0.6) is 0 Å². The molecule has 0 aromatic heterocycles. The Labute approximate surface area is 173 Å². The summed E-state index contributed by atoms with van der Waals surface area (Å²) in [5, 5.41) is 18.5. The highest BCUT2D eigenvalue weighted by molar-refractivity contribution is 5.75. The summed E-state index contributed by atoms with van der Waals surface area (Å²) in [6.45, 7) is 6.32. The molecule has 0 saturated carbocycles. The number of hydrogen-bond acceptors (Lipinski definition) is 2. The molecule has 0 aliphatic rings. The Morgan fingerprint density at radius 1 is 0.714 bits per heavy atom. The summed E-state index contributed by atoms with van der Waals surface area (Å²) in [6, 6.07) is 0. The van der Waals surface area contributed by atoms with Gasteiger partial charge in [0.1, 0.15) is 0 Å². The van der Waals surface area contributed by atoms with E-state index in [1.54, 1.807) is 0 Å². The van der Waals surface area contributed by atoms with Gasteiger partial charge in [-0.2, -0.15) is 0 Å². The number of carbonyl (C=O) groups is 2. The van der Waals surface area contributed by atoms with Crippen molar-refractivity contribution in [2.75, 3.05) is 0 Å². The van der Waals surface area contributed by atoms with Gasteiger partial charge in [-0.15, -0.1) is 0 Å². The molecule has 0 aliphatic carbocycles. The Balaban J connectivity index is 3.98. The van der Waals surface area contributed by atoms with Crippen LogP contribution in [0.1, 0.15) is 130 Å². The van der Waals surface area contributed by atoms with E-state index in [-0.39, 0.29) is 0 Å². The van der Waals surface area contributed by atoms with Crippen molar-refractivity contribution in [2.24, 2.45) is 11.3 Å². The molecular weight excluding hydrogens is 352 g/mol. The van der Waals surface area contributed by atoms with E-state index in [4.69, 9.17) is 5.11 Å². The predicted octanol–water partition coefficient (Wildman–Crippen LogP) is 7.45. The van der Waals surface area contributed by atoms with E-state index < -0.39 is 17.4 Å². The van der Waals surface area contributed by atoms with Crippen LogP contribution in [0.25, 0.3) is 0 Å². The smallest absolute Gasteiger partial charge is 0.309 e. The monoisotopic (exact) mass is 398 g/mol. The number of carboxylic acids is 2. The van der Waals surface area contributed by atoms with E-state index in [2.05, 4.69) is 13.8 Å². The minimum atomic E-state index is -0.685. The summed E-state index contributed by atoms with van der Waals surface area (Å²) in [5.41, 5.74) is -0.522. The van der Waals surface area contributed by atoms with Crippen molar-refractivity contribution in [1.82, 2.24) is 0 Å². The molecule has 166 valence electrons. The molecule has 0 bridgehead atoms. The Bertz CT molecular complexity index is 407. The first kappa shape index (κ1) is 26.9. The number of unbranched alkanes of at least 4 members (excludes halogenated alkanes) is 9. The molecule has 2 atom stereocenters. The number of aliphatic carboxylic acids is 2. The highest BCUT2D eigenvalue weighted by Gasteiger charge is 2.42. The van der Waals surface area contributed by atoms with E-state index in [1.807, 2.05) is 6.92 Å². The molecular formula is C24H46O4. The largest absolute Gasteiger partial charge is 0.481 e. The van der Waals surface area contributed by atoms with Crippen LogP contribution in [-0.2, 0) is 9.59 Å². The van der Waals surface area contributed by atoms with Crippen molar-refractivity contribution in [3.05, 3.63) is 0 Å². The molecule has 4 nitrogen and oxygen atoms in total. The van der Waals surface area contributed by atoms with E-state index in [9.17, 15) is 14.7 Å². The second-order valence-corrected chi connectivity index (χ2v) is 8.52. The van der Waals surface area contributed by atoms with Gasteiger partial charge in [-0.05, 0) is 38.0 Å². The van der Waals surface area contributed by atoms with Gasteiger partial charge < -0.3 is 10.2 Å². The summed E-state index contributed by atoms with van der Waals surface area (Å²) >= 11 is 0. The minimum absolute atomic E-state index is 0.304. The van der Waals surface area contributed by atoms with Gasteiger partial charge in [-0.3, -0.25) is 9.59 Å². The molecule has 0 rings (SSSR count). The Hall–Kier alpha value is -1.06. The standard InChI is InChI=1S/C24H46O4/c1-4-17-21(24(6-3,20-5-2)23(27)28)18-15-13-11-9-7-8-10-12-14-16-19-22(25)26/h21H,4-20H2,1-3H3,(H,25,26)(H,27,28). The third-order valence-electron chi connectivity index (χ3n) is 6.36. The fourth-order valence-corrected chi connectivity index (χ4v) is 4.68. The van der Waals surface area contributed by atoms with Gasteiger partial charge in [-0.1, -0.05) is 91.4 Å². The summed E-state index contributed by atoms with van der Waals surface area (Å²) < 4.78 is 0. The van der Waals surface area contributed by atoms with E-state index in [0.29, 0.717) is 12.3 Å². The maximum absolute atomic E-state index is 12.1. The maximum Gasteiger partial charge on any atom is 0.309 e. The summed E-state index contributed by atoms with van der Waals surface area (Å²) in [4.78, 5) is 22.5. The Morgan fingerprint density at radius 3 is 1.61 bits per heavy atom. The van der Waals surface area contributed by atoms with Gasteiger partial charge in [0.2, 0.25) is 0 Å². The number of hydrogen-bond donors (Lipinski definition) is 2. The Morgan fingerprint density at radius 2 is 1.21 bits per heavy atom. The predicted molar refractivity (Wildman–Crippen MR) is 117 cm³/mol. The third-order valence-corrected chi connectivity index (χ3v) is 6.36. The normalized spacial score (nSPS) is 14.5. The van der Waals surface area contributed by atoms with E-state index in [1.165, 1.54) is 38.5 Å². The van der Waals surface area contributed by atoms with Gasteiger partial charge in [-0.25, -0.2) is 0 Å².